The van der Waals surface area contributed by atoms with Crippen molar-refractivity contribution in [2.75, 3.05) is 11.9 Å². The summed E-state index contributed by atoms with van der Waals surface area (Å²) in [6.45, 7) is 0.366. The number of hydrogen-bond acceptors (Lipinski definition) is 3. The first kappa shape index (κ1) is 12.4. The van der Waals surface area contributed by atoms with Crippen molar-refractivity contribution in [3.63, 3.8) is 0 Å². The number of hydrogen-bond donors (Lipinski definition) is 2. The maximum atomic E-state index is 11.7. The third kappa shape index (κ3) is 1.97. The maximum absolute atomic E-state index is 11.7. The highest BCUT2D eigenvalue weighted by molar-refractivity contribution is 9.10. The largest absolute Gasteiger partial charge is 0.335 e. The van der Waals surface area contributed by atoms with Gasteiger partial charge in [-0.25, -0.2) is 4.98 Å². The van der Waals surface area contributed by atoms with E-state index in [-0.39, 0.29) is 5.91 Å². The van der Waals surface area contributed by atoms with Crippen LogP contribution in [-0.2, 0) is 17.8 Å². The Balaban J connectivity index is 2.06. The normalized spacial score (nSPS) is 14.1. The third-order valence-electron chi connectivity index (χ3n) is 3.33. The molecule has 1 aromatic carbocycles. The zero-order valence-corrected chi connectivity index (χ0v) is 12.0. The zero-order valence-electron chi connectivity index (χ0n) is 10.4. The van der Waals surface area contributed by atoms with Crippen LogP contribution in [0.3, 0.4) is 0 Å². The maximum Gasteiger partial charge on any atom is 0.231 e. The third-order valence-corrected chi connectivity index (χ3v) is 3.91. The molecular weight excluding hydrogens is 308 g/mol. The number of fused-ring (bicyclic) bond motifs is 1. The van der Waals surface area contributed by atoms with Gasteiger partial charge in [-0.1, -0.05) is 6.07 Å². The van der Waals surface area contributed by atoms with Crippen molar-refractivity contribution < 1.29 is 4.79 Å². The molecule has 0 radical (unpaired) electrons. The molecule has 0 aliphatic carbocycles. The molecule has 3 rings (SSSR count). The number of imidazole rings is 1. The molecule has 2 heterocycles. The molecule has 0 saturated carbocycles. The van der Waals surface area contributed by atoms with Crippen molar-refractivity contribution in [2.45, 2.75) is 13.0 Å². The molecule has 0 saturated heterocycles. The molecule has 0 unspecified atom stereocenters. The molecule has 98 valence electrons. The van der Waals surface area contributed by atoms with Crippen LogP contribution in [0.15, 0.2) is 22.8 Å². The van der Waals surface area contributed by atoms with E-state index in [0.717, 1.165) is 32.9 Å². The number of anilines is 1. The number of nitrogens with zero attached hydrogens (tertiary/aromatic N) is 2. The van der Waals surface area contributed by atoms with E-state index in [1.165, 1.54) is 0 Å². The number of amides is 1. The van der Waals surface area contributed by atoms with Crippen LogP contribution in [0.4, 0.5) is 5.69 Å². The van der Waals surface area contributed by atoms with Gasteiger partial charge < -0.3 is 15.6 Å². The number of aromatic amines is 1. The fourth-order valence-corrected chi connectivity index (χ4v) is 2.85. The fourth-order valence-electron chi connectivity index (χ4n) is 2.30. The summed E-state index contributed by atoms with van der Waals surface area (Å²) < 4.78 is 0.811. The van der Waals surface area contributed by atoms with Gasteiger partial charge in [0.25, 0.3) is 0 Å². The van der Waals surface area contributed by atoms with Crippen LogP contribution in [-0.4, -0.2) is 22.9 Å². The van der Waals surface area contributed by atoms with Gasteiger partial charge in [0, 0.05) is 18.3 Å². The van der Waals surface area contributed by atoms with Gasteiger partial charge in [0.1, 0.15) is 16.1 Å². The van der Waals surface area contributed by atoms with Gasteiger partial charge in [-0.05, 0) is 33.6 Å². The Bertz CT molecular complexity index is 665. The number of likely N-dealkylation sites (N-methyl/N-ethyl adjacent to an activating group) is 1. The van der Waals surface area contributed by atoms with Crippen molar-refractivity contribution >= 4 is 27.5 Å². The monoisotopic (exact) mass is 320 g/mol. The number of halogens is 1. The second-order valence-corrected chi connectivity index (χ2v) is 5.32. The highest BCUT2D eigenvalue weighted by Crippen LogP contribution is 2.33. The van der Waals surface area contributed by atoms with Crippen molar-refractivity contribution in [1.29, 1.82) is 0 Å². The Morgan fingerprint density at radius 3 is 3.00 bits per heavy atom. The van der Waals surface area contributed by atoms with Crippen LogP contribution in [0.25, 0.3) is 11.3 Å². The summed E-state index contributed by atoms with van der Waals surface area (Å²) in [4.78, 5) is 20.9. The summed E-state index contributed by atoms with van der Waals surface area (Å²) in [6, 6.07) is 5.94. The van der Waals surface area contributed by atoms with Gasteiger partial charge in [-0.2, -0.15) is 0 Å². The smallest absolute Gasteiger partial charge is 0.231 e. The van der Waals surface area contributed by atoms with Gasteiger partial charge in [0.15, 0.2) is 0 Å². The summed E-state index contributed by atoms with van der Waals surface area (Å²) in [5.74, 6) is 0.853. The standard InChI is InChI=1S/C13H13BrN4O/c1-18-9-3-2-7(4-8(9)5-11(18)19)12-13(14)17-10(6-15)16-12/h2-4H,5-6,15H2,1H3,(H,16,17). The van der Waals surface area contributed by atoms with Crippen LogP contribution in [0.1, 0.15) is 11.4 Å². The first-order valence-electron chi connectivity index (χ1n) is 5.94. The molecule has 3 N–H and O–H groups in total. The van der Waals surface area contributed by atoms with Gasteiger partial charge in [0.05, 0.1) is 13.0 Å². The predicted molar refractivity (Wildman–Crippen MR) is 76.7 cm³/mol. The number of rotatable bonds is 2. The van der Waals surface area contributed by atoms with E-state index in [2.05, 4.69) is 25.9 Å². The number of carbonyl (C=O) groups is 1. The number of nitrogens with one attached hydrogen (secondary N) is 1. The van der Waals surface area contributed by atoms with Gasteiger partial charge in [-0.3, -0.25) is 4.79 Å². The van der Waals surface area contributed by atoms with Crippen LogP contribution in [0.5, 0.6) is 0 Å². The van der Waals surface area contributed by atoms with E-state index < -0.39 is 0 Å². The summed E-state index contributed by atoms with van der Waals surface area (Å²) in [6.07, 6.45) is 0.450. The lowest BCUT2D eigenvalue weighted by Gasteiger charge is -2.10. The van der Waals surface area contributed by atoms with Gasteiger partial charge >= 0.3 is 0 Å². The fraction of sp³-hybridized carbons (Fsp3) is 0.231. The molecule has 1 aliphatic rings. The first-order valence-corrected chi connectivity index (χ1v) is 6.73. The summed E-state index contributed by atoms with van der Waals surface area (Å²) in [5.41, 5.74) is 9.38. The lowest BCUT2D eigenvalue weighted by molar-refractivity contribution is -0.117. The van der Waals surface area contributed by atoms with Crippen molar-refractivity contribution in [1.82, 2.24) is 9.97 Å². The Hall–Kier alpha value is -1.66. The summed E-state index contributed by atoms with van der Waals surface area (Å²) in [5, 5.41) is 0. The zero-order chi connectivity index (χ0) is 13.6. The van der Waals surface area contributed by atoms with E-state index in [1.54, 1.807) is 11.9 Å². The molecule has 19 heavy (non-hydrogen) atoms. The molecule has 1 amide bonds. The minimum absolute atomic E-state index is 0.121. The molecular formula is C13H13BrN4O. The van der Waals surface area contributed by atoms with Crippen molar-refractivity contribution in [3.05, 3.63) is 34.2 Å². The molecule has 2 aromatic rings. The van der Waals surface area contributed by atoms with Crippen LogP contribution >= 0.6 is 15.9 Å². The summed E-state index contributed by atoms with van der Waals surface area (Å²) in [7, 11) is 1.80. The first-order chi connectivity index (χ1) is 9.10. The topological polar surface area (TPSA) is 75.0 Å². The average Bonchev–Trinajstić information content (AvgIpc) is 2.91. The van der Waals surface area contributed by atoms with Crippen LogP contribution in [0.2, 0.25) is 0 Å². The van der Waals surface area contributed by atoms with E-state index in [4.69, 9.17) is 5.73 Å². The van der Waals surface area contributed by atoms with E-state index >= 15 is 0 Å². The number of aromatic nitrogens is 2. The quantitative estimate of drug-likeness (QED) is 0.886. The lowest BCUT2D eigenvalue weighted by atomic mass is 10.1. The van der Waals surface area contributed by atoms with E-state index in [9.17, 15) is 4.79 Å². The molecule has 1 aromatic heterocycles. The van der Waals surface area contributed by atoms with Crippen molar-refractivity contribution in [2.24, 2.45) is 5.73 Å². The number of nitrogens with two attached hydrogens (primary N) is 1. The molecule has 6 heteroatoms. The van der Waals surface area contributed by atoms with Gasteiger partial charge in [0.2, 0.25) is 5.91 Å². The Labute approximate surface area is 119 Å². The number of benzene rings is 1. The minimum atomic E-state index is 0.121. The van der Waals surface area contributed by atoms with Gasteiger partial charge in [-0.15, -0.1) is 0 Å². The SMILES string of the molecule is CN1C(=O)Cc2cc(-c3nc(CN)[nH]c3Br)ccc21. The predicted octanol–water partition coefficient (Wildman–Crippen LogP) is 1.82. The molecule has 0 bridgehead atoms. The van der Waals surface area contributed by atoms with Crippen LogP contribution in [0, 0.1) is 0 Å². The van der Waals surface area contributed by atoms with E-state index in [0.29, 0.717) is 13.0 Å². The number of H-pyrrole nitrogens is 1. The molecule has 0 fully saturated rings. The summed E-state index contributed by atoms with van der Waals surface area (Å²) >= 11 is 3.45. The number of carbonyl (C=O) groups excluding carboxylic acids is 1. The molecule has 0 spiro atoms. The highest BCUT2D eigenvalue weighted by atomic mass is 79.9. The molecule has 5 nitrogen and oxygen atoms in total. The Kier molecular flexibility index (Phi) is 2.91. The Morgan fingerprint density at radius 2 is 2.32 bits per heavy atom. The molecule has 0 atom stereocenters. The van der Waals surface area contributed by atoms with E-state index in [1.807, 2.05) is 18.2 Å². The van der Waals surface area contributed by atoms with Crippen LogP contribution < -0.4 is 10.6 Å². The average molecular weight is 321 g/mol. The minimum Gasteiger partial charge on any atom is -0.335 e. The molecule has 1 aliphatic heterocycles. The highest BCUT2D eigenvalue weighted by Gasteiger charge is 2.24. The lowest BCUT2D eigenvalue weighted by Crippen LogP contribution is -2.20. The Morgan fingerprint density at radius 1 is 1.53 bits per heavy atom. The van der Waals surface area contributed by atoms with Crippen molar-refractivity contribution in [3.8, 4) is 11.3 Å². The second kappa shape index (κ2) is 4.47. The second-order valence-electron chi connectivity index (χ2n) is 4.52.